The molecule has 1 aromatic rings. The van der Waals surface area contributed by atoms with Crippen LogP contribution in [0.5, 0.6) is 0 Å². The van der Waals surface area contributed by atoms with Crippen LogP contribution in [-0.2, 0) is 16.1 Å². The van der Waals surface area contributed by atoms with Crippen molar-refractivity contribution in [3.05, 3.63) is 34.9 Å². The number of benzene rings is 1. The average Bonchev–Trinajstić information content (AvgIpc) is 2.20. The molecule has 0 N–H and O–H groups in total. The maximum Gasteiger partial charge on any atom is 0.361 e. The van der Waals surface area contributed by atoms with Crippen molar-refractivity contribution in [2.75, 3.05) is 27.7 Å². The Morgan fingerprint density at radius 1 is 1.31 bits per heavy atom. The largest absolute Gasteiger partial charge is 0.465 e. The van der Waals surface area contributed by atoms with Gasteiger partial charge < -0.3 is 9.22 Å². The number of carbonyl (C=O) groups is 1. The second kappa shape index (κ2) is 5.32. The summed E-state index contributed by atoms with van der Waals surface area (Å²) in [6.45, 7) is 1.13. The summed E-state index contributed by atoms with van der Waals surface area (Å²) in [5.41, 5.74) is 1.15. The fourth-order valence-electron chi connectivity index (χ4n) is 1.55. The SMILES string of the molecule is COC(=O)C[N+](C)(C)Cc1ccc(Cl)cc1. The number of likely N-dealkylation sites (N-methyl/N-ethyl adjacent to an activating group) is 1. The van der Waals surface area contributed by atoms with Crippen molar-refractivity contribution in [1.82, 2.24) is 0 Å². The first-order valence-corrected chi connectivity index (χ1v) is 5.44. The maximum atomic E-state index is 11.2. The van der Waals surface area contributed by atoms with Crippen molar-refractivity contribution in [3.63, 3.8) is 0 Å². The molecule has 4 heteroatoms. The van der Waals surface area contributed by atoms with E-state index in [0.29, 0.717) is 11.0 Å². The first-order valence-electron chi connectivity index (χ1n) is 5.06. The third kappa shape index (κ3) is 4.21. The van der Waals surface area contributed by atoms with Crippen LogP contribution in [0.3, 0.4) is 0 Å². The number of methoxy groups -OCH3 is 1. The summed E-state index contributed by atoms with van der Waals surface area (Å²) in [7, 11) is 5.39. The molecule has 0 radical (unpaired) electrons. The summed E-state index contributed by atoms with van der Waals surface area (Å²) in [6, 6.07) is 7.66. The molecular weight excluding hydrogens is 226 g/mol. The summed E-state index contributed by atoms with van der Waals surface area (Å²) >= 11 is 5.81. The van der Waals surface area contributed by atoms with Gasteiger partial charge in [0.05, 0.1) is 21.2 Å². The molecule has 0 amide bonds. The van der Waals surface area contributed by atoms with E-state index in [1.807, 2.05) is 38.4 Å². The molecule has 0 aliphatic carbocycles. The van der Waals surface area contributed by atoms with Crippen LogP contribution >= 0.6 is 11.6 Å². The quantitative estimate of drug-likeness (QED) is 0.597. The lowest BCUT2D eigenvalue weighted by Crippen LogP contribution is -2.43. The van der Waals surface area contributed by atoms with Gasteiger partial charge in [-0.05, 0) is 12.1 Å². The second-order valence-electron chi connectivity index (χ2n) is 4.45. The minimum Gasteiger partial charge on any atom is -0.465 e. The zero-order chi connectivity index (χ0) is 12.2. The van der Waals surface area contributed by atoms with E-state index in [1.54, 1.807) is 0 Å². The van der Waals surface area contributed by atoms with Crippen LogP contribution < -0.4 is 0 Å². The summed E-state index contributed by atoms with van der Waals surface area (Å²) in [5.74, 6) is -0.195. The molecule has 0 aliphatic rings. The third-order valence-electron chi connectivity index (χ3n) is 2.31. The van der Waals surface area contributed by atoms with Crippen LogP contribution in [0.4, 0.5) is 0 Å². The zero-order valence-corrected chi connectivity index (χ0v) is 10.6. The fourth-order valence-corrected chi connectivity index (χ4v) is 1.68. The Balaban J connectivity index is 2.64. The Bertz CT molecular complexity index is 360. The number of rotatable bonds is 4. The zero-order valence-electron chi connectivity index (χ0n) is 9.87. The van der Waals surface area contributed by atoms with E-state index >= 15 is 0 Å². The summed E-state index contributed by atoms with van der Waals surface area (Å²) < 4.78 is 5.23. The molecule has 1 rings (SSSR count). The van der Waals surface area contributed by atoms with E-state index in [4.69, 9.17) is 11.6 Å². The Morgan fingerprint density at radius 2 is 1.88 bits per heavy atom. The predicted molar refractivity (Wildman–Crippen MR) is 64.1 cm³/mol. The standard InChI is InChI=1S/C12H17ClNO2/c1-14(2,9-12(15)16-3)8-10-4-6-11(13)7-5-10/h4-7H,8-9H2,1-3H3/q+1. The maximum absolute atomic E-state index is 11.2. The molecule has 0 aliphatic heterocycles. The molecule has 0 heterocycles. The summed E-state index contributed by atoms with van der Waals surface area (Å²) in [6.07, 6.45) is 0. The van der Waals surface area contributed by atoms with Crippen LogP contribution in [0, 0.1) is 0 Å². The van der Waals surface area contributed by atoms with Crippen molar-refractivity contribution >= 4 is 17.6 Å². The fraction of sp³-hybridized carbons (Fsp3) is 0.417. The monoisotopic (exact) mass is 242 g/mol. The molecule has 0 atom stereocenters. The number of esters is 1. The van der Waals surface area contributed by atoms with Gasteiger partial charge in [0.2, 0.25) is 0 Å². The van der Waals surface area contributed by atoms with Gasteiger partial charge >= 0.3 is 5.97 Å². The van der Waals surface area contributed by atoms with Crippen LogP contribution in [0.2, 0.25) is 5.02 Å². The lowest BCUT2D eigenvalue weighted by atomic mass is 10.2. The van der Waals surface area contributed by atoms with Gasteiger partial charge in [-0.2, -0.15) is 0 Å². The highest BCUT2D eigenvalue weighted by molar-refractivity contribution is 6.30. The van der Waals surface area contributed by atoms with Gasteiger partial charge in [0.25, 0.3) is 0 Å². The Morgan fingerprint density at radius 3 is 2.38 bits per heavy atom. The van der Waals surface area contributed by atoms with Crippen molar-refractivity contribution in [1.29, 1.82) is 0 Å². The average molecular weight is 243 g/mol. The van der Waals surface area contributed by atoms with Gasteiger partial charge in [-0.3, -0.25) is 0 Å². The molecule has 3 nitrogen and oxygen atoms in total. The van der Waals surface area contributed by atoms with Gasteiger partial charge in [-0.25, -0.2) is 4.79 Å². The minimum absolute atomic E-state index is 0.195. The van der Waals surface area contributed by atoms with Crippen LogP contribution in [0.1, 0.15) is 5.56 Å². The minimum atomic E-state index is -0.195. The number of halogens is 1. The molecule has 1 aromatic carbocycles. The van der Waals surface area contributed by atoms with E-state index in [1.165, 1.54) is 7.11 Å². The van der Waals surface area contributed by atoms with Crippen LogP contribution in [0.25, 0.3) is 0 Å². The normalized spacial score (nSPS) is 11.2. The van der Waals surface area contributed by atoms with Crippen molar-refractivity contribution < 1.29 is 14.0 Å². The highest BCUT2D eigenvalue weighted by atomic mass is 35.5. The molecule has 0 saturated carbocycles. The van der Waals surface area contributed by atoms with Crippen LogP contribution in [-0.4, -0.2) is 38.2 Å². The van der Waals surface area contributed by atoms with Crippen LogP contribution in [0.15, 0.2) is 24.3 Å². The van der Waals surface area contributed by atoms with E-state index in [-0.39, 0.29) is 5.97 Å². The lowest BCUT2D eigenvalue weighted by Gasteiger charge is -2.28. The van der Waals surface area contributed by atoms with Gasteiger partial charge in [0.15, 0.2) is 6.54 Å². The summed E-state index contributed by atoms with van der Waals surface area (Å²) in [4.78, 5) is 11.2. The van der Waals surface area contributed by atoms with Gasteiger partial charge in [-0.1, -0.05) is 23.7 Å². The molecule has 16 heavy (non-hydrogen) atoms. The van der Waals surface area contributed by atoms with Crippen molar-refractivity contribution in [3.8, 4) is 0 Å². The van der Waals surface area contributed by atoms with E-state index in [2.05, 4.69) is 4.74 Å². The predicted octanol–water partition coefficient (Wildman–Crippen LogP) is 2.09. The van der Waals surface area contributed by atoms with Gasteiger partial charge in [0, 0.05) is 10.6 Å². The number of quaternary nitrogens is 1. The number of nitrogens with zero attached hydrogens (tertiary/aromatic N) is 1. The molecule has 0 saturated heterocycles. The lowest BCUT2D eigenvalue weighted by molar-refractivity contribution is -0.896. The topological polar surface area (TPSA) is 26.3 Å². The molecule has 0 fully saturated rings. The Hall–Kier alpha value is -1.06. The Labute approximate surface area is 101 Å². The molecule has 88 valence electrons. The van der Waals surface area contributed by atoms with Gasteiger partial charge in [0.1, 0.15) is 6.54 Å². The molecule has 0 aromatic heterocycles. The third-order valence-corrected chi connectivity index (χ3v) is 2.56. The number of hydrogen-bond donors (Lipinski definition) is 0. The first kappa shape index (κ1) is 13.0. The first-order chi connectivity index (χ1) is 7.43. The van der Waals surface area contributed by atoms with Crippen molar-refractivity contribution in [2.45, 2.75) is 6.54 Å². The molecule has 0 unspecified atom stereocenters. The summed E-state index contributed by atoms with van der Waals surface area (Å²) in [5, 5.41) is 0.724. The van der Waals surface area contributed by atoms with E-state index < -0.39 is 0 Å². The number of carbonyl (C=O) groups excluding carboxylic acids is 1. The Kier molecular flexibility index (Phi) is 4.33. The second-order valence-corrected chi connectivity index (χ2v) is 4.89. The highest BCUT2D eigenvalue weighted by Gasteiger charge is 2.20. The smallest absolute Gasteiger partial charge is 0.361 e. The number of ether oxygens (including phenoxy) is 1. The molecule has 0 bridgehead atoms. The van der Waals surface area contributed by atoms with E-state index in [0.717, 1.165) is 17.1 Å². The van der Waals surface area contributed by atoms with Gasteiger partial charge in [-0.15, -0.1) is 0 Å². The van der Waals surface area contributed by atoms with Crippen molar-refractivity contribution in [2.24, 2.45) is 0 Å². The molecule has 0 spiro atoms. The number of hydrogen-bond acceptors (Lipinski definition) is 2. The molecular formula is C12H17ClNO2+. The highest BCUT2D eigenvalue weighted by Crippen LogP contribution is 2.13. The van der Waals surface area contributed by atoms with E-state index in [9.17, 15) is 4.79 Å².